The highest BCUT2D eigenvalue weighted by Crippen LogP contribution is 2.42. The molecule has 0 aromatic heterocycles. The van der Waals surface area contributed by atoms with Gasteiger partial charge in [0.05, 0.1) is 0 Å². The topological polar surface area (TPSA) is 3.24 Å². The first-order chi connectivity index (χ1) is 6.53. The van der Waals surface area contributed by atoms with E-state index in [4.69, 9.17) is 0 Å². The Bertz CT molecular complexity index is 273. The first kappa shape index (κ1) is 9.97. The molecule has 1 fully saturated rings. The second-order valence-electron chi connectivity index (χ2n) is 5.36. The Labute approximate surface area is 87.5 Å². The van der Waals surface area contributed by atoms with Crippen LogP contribution in [0.25, 0.3) is 0 Å². The molecule has 78 valence electrons. The zero-order chi connectivity index (χ0) is 10.3. The smallest absolute Gasteiger partial charge is 0.0224 e. The minimum Gasteiger partial charge on any atom is -0.295 e. The summed E-state index contributed by atoms with van der Waals surface area (Å²) in [6.45, 7) is 10.6. The van der Waals surface area contributed by atoms with E-state index < -0.39 is 0 Å². The van der Waals surface area contributed by atoms with Crippen molar-refractivity contribution in [2.45, 2.75) is 39.3 Å². The molecule has 1 saturated heterocycles. The van der Waals surface area contributed by atoms with Crippen molar-refractivity contribution in [3.05, 3.63) is 24.3 Å². The SMILES string of the molecule is CC(C)N1CC2C=CC=CC2C1(C)C. The van der Waals surface area contributed by atoms with Gasteiger partial charge in [-0.2, -0.15) is 0 Å². The van der Waals surface area contributed by atoms with E-state index in [9.17, 15) is 0 Å². The average Bonchev–Trinajstić information content (AvgIpc) is 2.39. The number of nitrogens with zero attached hydrogens (tertiary/aromatic N) is 1. The molecule has 0 N–H and O–H groups in total. The molecule has 1 aliphatic heterocycles. The summed E-state index contributed by atoms with van der Waals surface area (Å²) >= 11 is 0. The highest BCUT2D eigenvalue weighted by molar-refractivity contribution is 5.22. The van der Waals surface area contributed by atoms with Gasteiger partial charge in [-0.05, 0) is 33.6 Å². The summed E-state index contributed by atoms with van der Waals surface area (Å²) in [5.74, 6) is 1.44. The zero-order valence-corrected chi connectivity index (χ0v) is 9.70. The molecule has 14 heavy (non-hydrogen) atoms. The fourth-order valence-corrected chi connectivity index (χ4v) is 3.12. The van der Waals surface area contributed by atoms with Crippen molar-refractivity contribution in [2.75, 3.05) is 6.54 Å². The van der Waals surface area contributed by atoms with Crippen molar-refractivity contribution in [1.29, 1.82) is 0 Å². The number of likely N-dealkylation sites (tertiary alicyclic amines) is 1. The van der Waals surface area contributed by atoms with Gasteiger partial charge in [-0.15, -0.1) is 0 Å². The zero-order valence-electron chi connectivity index (χ0n) is 9.70. The maximum atomic E-state index is 2.63. The lowest BCUT2D eigenvalue weighted by molar-refractivity contribution is 0.117. The number of allylic oxidation sites excluding steroid dienone is 2. The first-order valence-corrected chi connectivity index (χ1v) is 5.65. The van der Waals surface area contributed by atoms with Crippen LogP contribution in [0.1, 0.15) is 27.7 Å². The summed E-state index contributed by atoms with van der Waals surface area (Å²) in [7, 11) is 0. The van der Waals surface area contributed by atoms with Gasteiger partial charge in [0.15, 0.2) is 0 Å². The monoisotopic (exact) mass is 191 g/mol. The van der Waals surface area contributed by atoms with Crippen LogP contribution in [0.15, 0.2) is 24.3 Å². The van der Waals surface area contributed by atoms with Gasteiger partial charge < -0.3 is 0 Å². The minimum absolute atomic E-state index is 0.320. The molecule has 1 nitrogen and oxygen atoms in total. The molecular weight excluding hydrogens is 170 g/mol. The minimum atomic E-state index is 0.320. The predicted molar refractivity (Wildman–Crippen MR) is 61.2 cm³/mol. The summed E-state index contributed by atoms with van der Waals surface area (Å²) in [5.41, 5.74) is 0.320. The van der Waals surface area contributed by atoms with Crippen molar-refractivity contribution in [3.63, 3.8) is 0 Å². The third kappa shape index (κ3) is 1.35. The van der Waals surface area contributed by atoms with Crippen LogP contribution in [-0.2, 0) is 0 Å². The Balaban J connectivity index is 2.27. The van der Waals surface area contributed by atoms with E-state index in [1.165, 1.54) is 6.54 Å². The van der Waals surface area contributed by atoms with Gasteiger partial charge >= 0.3 is 0 Å². The molecule has 0 amide bonds. The average molecular weight is 191 g/mol. The second-order valence-corrected chi connectivity index (χ2v) is 5.36. The molecule has 0 spiro atoms. The maximum absolute atomic E-state index is 2.63. The van der Waals surface area contributed by atoms with Gasteiger partial charge in [-0.25, -0.2) is 0 Å². The molecule has 0 radical (unpaired) electrons. The largest absolute Gasteiger partial charge is 0.295 e. The van der Waals surface area contributed by atoms with Gasteiger partial charge in [-0.1, -0.05) is 24.3 Å². The van der Waals surface area contributed by atoms with E-state index in [1.807, 2.05) is 0 Å². The number of hydrogen-bond acceptors (Lipinski definition) is 1. The van der Waals surface area contributed by atoms with Crippen molar-refractivity contribution in [1.82, 2.24) is 4.90 Å². The molecular formula is C13H21N. The van der Waals surface area contributed by atoms with E-state index in [0.29, 0.717) is 17.5 Å². The molecule has 2 aliphatic rings. The van der Waals surface area contributed by atoms with Gasteiger partial charge in [-0.3, -0.25) is 4.90 Å². The van der Waals surface area contributed by atoms with Crippen LogP contribution in [0, 0.1) is 11.8 Å². The van der Waals surface area contributed by atoms with Crippen molar-refractivity contribution < 1.29 is 0 Å². The molecule has 0 aromatic rings. The summed E-state index contributed by atoms with van der Waals surface area (Å²) in [5, 5.41) is 0. The Hall–Kier alpha value is -0.560. The van der Waals surface area contributed by atoms with Gasteiger partial charge in [0.1, 0.15) is 0 Å². The first-order valence-electron chi connectivity index (χ1n) is 5.65. The number of rotatable bonds is 1. The molecule has 0 aromatic carbocycles. The van der Waals surface area contributed by atoms with Crippen LogP contribution in [-0.4, -0.2) is 23.0 Å². The van der Waals surface area contributed by atoms with Gasteiger partial charge in [0.25, 0.3) is 0 Å². The Morgan fingerprint density at radius 1 is 1.21 bits per heavy atom. The molecule has 1 heterocycles. The quantitative estimate of drug-likeness (QED) is 0.616. The van der Waals surface area contributed by atoms with Crippen LogP contribution >= 0.6 is 0 Å². The van der Waals surface area contributed by atoms with E-state index in [2.05, 4.69) is 56.9 Å². The Kier molecular flexibility index (Phi) is 2.30. The lowest BCUT2D eigenvalue weighted by Gasteiger charge is -2.38. The number of hydrogen-bond donors (Lipinski definition) is 0. The Morgan fingerprint density at radius 3 is 2.43 bits per heavy atom. The van der Waals surface area contributed by atoms with E-state index in [-0.39, 0.29) is 0 Å². The fourth-order valence-electron chi connectivity index (χ4n) is 3.12. The molecule has 2 unspecified atom stereocenters. The predicted octanol–water partition coefficient (Wildman–Crippen LogP) is 2.85. The molecule has 2 atom stereocenters. The highest BCUT2D eigenvalue weighted by atomic mass is 15.2. The van der Waals surface area contributed by atoms with E-state index in [1.54, 1.807) is 0 Å². The summed E-state index contributed by atoms with van der Waals surface area (Å²) < 4.78 is 0. The third-order valence-electron chi connectivity index (χ3n) is 3.84. The highest BCUT2D eigenvalue weighted by Gasteiger charge is 2.46. The normalized spacial score (nSPS) is 35.2. The van der Waals surface area contributed by atoms with Crippen LogP contribution in [0.2, 0.25) is 0 Å². The summed E-state index contributed by atoms with van der Waals surface area (Å²) in [6, 6.07) is 0.650. The second kappa shape index (κ2) is 3.23. The van der Waals surface area contributed by atoms with Crippen LogP contribution in [0.3, 0.4) is 0 Å². The lowest BCUT2D eigenvalue weighted by atomic mass is 9.80. The molecule has 0 saturated carbocycles. The van der Waals surface area contributed by atoms with Gasteiger partial charge in [0, 0.05) is 24.0 Å². The van der Waals surface area contributed by atoms with Crippen molar-refractivity contribution in [2.24, 2.45) is 11.8 Å². The van der Waals surface area contributed by atoms with Crippen molar-refractivity contribution in [3.8, 4) is 0 Å². The summed E-state index contributed by atoms with van der Waals surface area (Å²) in [4.78, 5) is 2.63. The maximum Gasteiger partial charge on any atom is 0.0224 e. The lowest BCUT2D eigenvalue weighted by Crippen LogP contribution is -2.45. The standard InChI is InChI=1S/C13H21N/c1-10(2)14-9-11-7-5-6-8-12(11)13(14,3)4/h5-8,10-12H,9H2,1-4H3. The third-order valence-corrected chi connectivity index (χ3v) is 3.84. The van der Waals surface area contributed by atoms with Crippen LogP contribution < -0.4 is 0 Å². The molecule has 1 heteroatoms. The fraction of sp³-hybridized carbons (Fsp3) is 0.692. The van der Waals surface area contributed by atoms with E-state index >= 15 is 0 Å². The van der Waals surface area contributed by atoms with Crippen LogP contribution in [0.5, 0.6) is 0 Å². The molecule has 1 aliphatic carbocycles. The van der Waals surface area contributed by atoms with E-state index in [0.717, 1.165) is 5.92 Å². The Morgan fingerprint density at radius 2 is 1.86 bits per heavy atom. The van der Waals surface area contributed by atoms with Gasteiger partial charge in [0.2, 0.25) is 0 Å². The number of fused-ring (bicyclic) bond motifs is 1. The molecule has 0 bridgehead atoms. The molecule has 2 rings (SSSR count). The summed E-state index contributed by atoms with van der Waals surface area (Å²) in [6.07, 6.45) is 9.15. The van der Waals surface area contributed by atoms with Crippen LogP contribution in [0.4, 0.5) is 0 Å². The van der Waals surface area contributed by atoms with Crippen molar-refractivity contribution >= 4 is 0 Å².